The van der Waals surface area contributed by atoms with Gasteiger partial charge in [-0.25, -0.2) is 0 Å². The summed E-state index contributed by atoms with van der Waals surface area (Å²) in [5, 5.41) is 7.76. The highest BCUT2D eigenvalue weighted by Crippen LogP contribution is 2.26. The van der Waals surface area contributed by atoms with Gasteiger partial charge in [-0.05, 0) is 50.9 Å². The van der Waals surface area contributed by atoms with Crippen molar-refractivity contribution in [2.75, 3.05) is 26.2 Å². The zero-order valence-corrected chi connectivity index (χ0v) is 14.5. The van der Waals surface area contributed by atoms with Gasteiger partial charge >= 0.3 is 0 Å². The van der Waals surface area contributed by atoms with Crippen molar-refractivity contribution >= 4 is 5.91 Å². The third-order valence-electron chi connectivity index (χ3n) is 5.53. The Bertz CT molecular complexity index is 654. The van der Waals surface area contributed by atoms with E-state index in [0.717, 1.165) is 64.2 Å². The molecule has 7 heteroatoms. The molecule has 0 radical (unpaired) electrons. The first-order valence-electron chi connectivity index (χ1n) is 9.17. The molecule has 4 rings (SSSR count). The molecule has 0 aromatic carbocycles. The molecule has 25 heavy (non-hydrogen) atoms. The van der Waals surface area contributed by atoms with Crippen molar-refractivity contribution in [1.82, 2.24) is 24.6 Å². The Kier molecular flexibility index (Phi) is 4.83. The van der Waals surface area contributed by atoms with Gasteiger partial charge in [-0.1, -0.05) is 0 Å². The van der Waals surface area contributed by atoms with Crippen molar-refractivity contribution in [2.24, 2.45) is 5.92 Å². The molecule has 0 bridgehead atoms. The van der Waals surface area contributed by atoms with Crippen molar-refractivity contribution in [3.63, 3.8) is 0 Å². The number of nitrogens with zero attached hydrogens (tertiary/aromatic N) is 5. The zero-order chi connectivity index (χ0) is 17.1. The van der Waals surface area contributed by atoms with Gasteiger partial charge < -0.3 is 13.9 Å². The van der Waals surface area contributed by atoms with Crippen molar-refractivity contribution in [2.45, 2.75) is 38.3 Å². The summed E-state index contributed by atoms with van der Waals surface area (Å²) in [6, 6.07) is 4.36. The molecule has 0 aliphatic carbocycles. The molecule has 1 amide bonds. The van der Waals surface area contributed by atoms with Gasteiger partial charge in [-0.2, -0.15) is 0 Å². The summed E-state index contributed by atoms with van der Waals surface area (Å²) in [5.74, 6) is 1.53. The molecule has 2 aliphatic rings. The van der Waals surface area contributed by atoms with Crippen LogP contribution in [0.5, 0.6) is 0 Å². The SMILES string of the molecule is O=C(C1CCN(Cc2ccco2)CC1)N1CCC(n2cnnc2)CC1. The molecule has 0 spiro atoms. The van der Waals surface area contributed by atoms with E-state index < -0.39 is 0 Å². The molecular formula is C18H25N5O2. The van der Waals surface area contributed by atoms with E-state index in [-0.39, 0.29) is 5.92 Å². The van der Waals surface area contributed by atoms with Gasteiger partial charge in [0.25, 0.3) is 0 Å². The third-order valence-corrected chi connectivity index (χ3v) is 5.53. The summed E-state index contributed by atoms with van der Waals surface area (Å²) in [5.41, 5.74) is 0. The molecule has 0 saturated carbocycles. The number of rotatable bonds is 4. The normalized spacial score (nSPS) is 20.9. The topological polar surface area (TPSA) is 67.4 Å². The van der Waals surface area contributed by atoms with Crippen LogP contribution in [-0.4, -0.2) is 56.7 Å². The van der Waals surface area contributed by atoms with Crippen LogP contribution >= 0.6 is 0 Å². The minimum atomic E-state index is 0.180. The fourth-order valence-corrected chi connectivity index (χ4v) is 4.00. The molecule has 4 heterocycles. The van der Waals surface area contributed by atoms with Crippen LogP contribution in [-0.2, 0) is 11.3 Å². The predicted octanol–water partition coefficient (Wildman–Crippen LogP) is 1.95. The molecule has 0 N–H and O–H groups in total. The largest absolute Gasteiger partial charge is 0.468 e. The number of likely N-dealkylation sites (tertiary alicyclic amines) is 2. The van der Waals surface area contributed by atoms with Crippen LogP contribution in [0.1, 0.15) is 37.5 Å². The lowest BCUT2D eigenvalue weighted by Crippen LogP contribution is -2.45. The first-order chi connectivity index (χ1) is 12.3. The lowest BCUT2D eigenvalue weighted by Gasteiger charge is -2.37. The van der Waals surface area contributed by atoms with Gasteiger partial charge in [0.05, 0.1) is 12.8 Å². The molecule has 2 fully saturated rings. The summed E-state index contributed by atoms with van der Waals surface area (Å²) in [6.07, 6.45) is 9.14. The molecule has 0 atom stereocenters. The van der Waals surface area contributed by atoms with Crippen molar-refractivity contribution in [3.05, 3.63) is 36.8 Å². The molecule has 2 aliphatic heterocycles. The Balaban J connectivity index is 1.24. The summed E-state index contributed by atoms with van der Waals surface area (Å²) in [7, 11) is 0. The standard InChI is InChI=1S/C18H25N5O2/c24-18(22-9-5-16(6-10-22)23-13-19-20-14-23)15-3-7-21(8-4-15)12-17-2-1-11-25-17/h1-2,11,13-16H,3-10,12H2. The van der Waals surface area contributed by atoms with Gasteiger partial charge in [0.1, 0.15) is 18.4 Å². The van der Waals surface area contributed by atoms with Crippen LogP contribution in [0.2, 0.25) is 0 Å². The minimum Gasteiger partial charge on any atom is -0.468 e. The Labute approximate surface area is 147 Å². The number of furan rings is 1. The summed E-state index contributed by atoms with van der Waals surface area (Å²) in [4.78, 5) is 17.3. The number of carbonyl (C=O) groups excluding carboxylic acids is 1. The number of hydrogen-bond donors (Lipinski definition) is 0. The number of amides is 1. The van der Waals surface area contributed by atoms with E-state index in [9.17, 15) is 4.79 Å². The molecule has 2 aromatic rings. The maximum absolute atomic E-state index is 12.8. The third kappa shape index (κ3) is 3.76. The van der Waals surface area contributed by atoms with Crippen LogP contribution in [0, 0.1) is 5.92 Å². The summed E-state index contributed by atoms with van der Waals surface area (Å²) < 4.78 is 7.48. The lowest BCUT2D eigenvalue weighted by molar-refractivity contribution is -0.138. The Hall–Kier alpha value is -2.15. The van der Waals surface area contributed by atoms with Crippen LogP contribution in [0.3, 0.4) is 0 Å². The maximum Gasteiger partial charge on any atom is 0.225 e. The number of piperidine rings is 2. The number of hydrogen-bond acceptors (Lipinski definition) is 5. The highest BCUT2D eigenvalue weighted by Gasteiger charge is 2.31. The summed E-state index contributed by atoms with van der Waals surface area (Å²) >= 11 is 0. The smallest absolute Gasteiger partial charge is 0.225 e. The average Bonchev–Trinajstić information content (AvgIpc) is 3.36. The van der Waals surface area contributed by atoms with E-state index in [0.29, 0.717) is 11.9 Å². The second-order valence-corrected chi connectivity index (χ2v) is 7.10. The van der Waals surface area contributed by atoms with E-state index in [1.807, 2.05) is 12.1 Å². The van der Waals surface area contributed by atoms with Crippen LogP contribution < -0.4 is 0 Å². The van der Waals surface area contributed by atoms with Crippen LogP contribution in [0.4, 0.5) is 0 Å². The van der Waals surface area contributed by atoms with Gasteiger partial charge in [-0.15, -0.1) is 10.2 Å². The Morgan fingerprint density at radius 2 is 1.80 bits per heavy atom. The quantitative estimate of drug-likeness (QED) is 0.849. The van der Waals surface area contributed by atoms with Crippen molar-refractivity contribution < 1.29 is 9.21 Å². The molecule has 7 nitrogen and oxygen atoms in total. The second kappa shape index (κ2) is 7.39. The first-order valence-corrected chi connectivity index (χ1v) is 9.17. The first kappa shape index (κ1) is 16.3. The van der Waals surface area contributed by atoms with Gasteiger partial charge in [0.15, 0.2) is 0 Å². The number of carbonyl (C=O) groups is 1. The Morgan fingerprint density at radius 1 is 1.08 bits per heavy atom. The molecular weight excluding hydrogens is 318 g/mol. The van der Waals surface area contributed by atoms with E-state index in [1.165, 1.54) is 0 Å². The van der Waals surface area contributed by atoms with E-state index in [1.54, 1.807) is 18.9 Å². The molecule has 134 valence electrons. The van der Waals surface area contributed by atoms with E-state index in [2.05, 4.69) is 24.6 Å². The molecule has 0 unspecified atom stereocenters. The highest BCUT2D eigenvalue weighted by atomic mass is 16.3. The van der Waals surface area contributed by atoms with Crippen molar-refractivity contribution in [3.8, 4) is 0 Å². The molecule has 2 saturated heterocycles. The van der Waals surface area contributed by atoms with Gasteiger partial charge in [-0.3, -0.25) is 9.69 Å². The van der Waals surface area contributed by atoms with Crippen LogP contribution in [0.15, 0.2) is 35.5 Å². The average molecular weight is 343 g/mol. The van der Waals surface area contributed by atoms with E-state index in [4.69, 9.17) is 4.42 Å². The fraction of sp³-hybridized carbons (Fsp3) is 0.611. The lowest BCUT2D eigenvalue weighted by atomic mass is 9.93. The van der Waals surface area contributed by atoms with Crippen molar-refractivity contribution in [1.29, 1.82) is 0 Å². The second-order valence-electron chi connectivity index (χ2n) is 7.10. The summed E-state index contributed by atoms with van der Waals surface area (Å²) in [6.45, 7) is 4.46. The molecule has 2 aromatic heterocycles. The highest BCUT2D eigenvalue weighted by molar-refractivity contribution is 5.79. The minimum absolute atomic E-state index is 0.180. The van der Waals surface area contributed by atoms with Crippen LogP contribution in [0.25, 0.3) is 0 Å². The van der Waals surface area contributed by atoms with E-state index >= 15 is 0 Å². The predicted molar refractivity (Wildman–Crippen MR) is 91.6 cm³/mol. The Morgan fingerprint density at radius 3 is 2.44 bits per heavy atom. The monoisotopic (exact) mass is 343 g/mol. The van der Waals surface area contributed by atoms with Gasteiger partial charge in [0, 0.05) is 25.0 Å². The maximum atomic E-state index is 12.8. The zero-order valence-electron chi connectivity index (χ0n) is 14.5. The fourth-order valence-electron chi connectivity index (χ4n) is 4.00. The number of aromatic nitrogens is 3. The van der Waals surface area contributed by atoms with Gasteiger partial charge in [0.2, 0.25) is 5.91 Å².